The van der Waals surface area contributed by atoms with Crippen LogP contribution in [0.4, 0.5) is 5.82 Å². The third-order valence-electron chi connectivity index (χ3n) is 6.09. The van der Waals surface area contributed by atoms with E-state index in [2.05, 4.69) is 72.7 Å². The monoisotopic (exact) mass is 523 g/mol. The van der Waals surface area contributed by atoms with Gasteiger partial charge in [-0.3, -0.25) is 9.36 Å². The van der Waals surface area contributed by atoms with E-state index in [-0.39, 0.29) is 24.5 Å². The molecule has 7 heteroatoms. The van der Waals surface area contributed by atoms with E-state index in [9.17, 15) is 9.59 Å². The highest BCUT2D eigenvalue weighted by atomic mass is 16.6. The first-order valence-corrected chi connectivity index (χ1v) is 14.0. The summed E-state index contributed by atoms with van der Waals surface area (Å²) >= 11 is 0. The number of aromatic nitrogens is 2. The predicted molar refractivity (Wildman–Crippen MR) is 155 cm³/mol. The Kier molecular flexibility index (Phi) is 16.2. The number of nitrogens with two attached hydrogens (primary N) is 1. The summed E-state index contributed by atoms with van der Waals surface area (Å²) in [5.74, 6) is -0.00849. The van der Waals surface area contributed by atoms with Gasteiger partial charge in [0.25, 0.3) is 0 Å². The highest BCUT2D eigenvalue weighted by Gasteiger charge is 2.28. The van der Waals surface area contributed by atoms with E-state index in [1.54, 1.807) is 12.3 Å². The lowest BCUT2D eigenvalue weighted by Gasteiger charge is -2.15. The van der Waals surface area contributed by atoms with E-state index in [0.29, 0.717) is 12.8 Å². The number of unbranched alkanes of at least 4 members (excludes halogenated alkanes) is 3. The van der Waals surface area contributed by atoms with Crippen molar-refractivity contribution in [1.82, 2.24) is 9.55 Å². The minimum absolute atomic E-state index is 0.188. The second kappa shape index (κ2) is 19.9. The van der Waals surface area contributed by atoms with Crippen LogP contribution < -0.4 is 11.4 Å². The standard InChI is InChI=1S/C31H45N3O4/c1-2-3-4-5-6-7-8-9-10-11-12-13-14-15-16-17-18-19-20-21-30(35)37-26-27-22-23-29(38-27)34-25-24-28(32)33-31(34)36/h3-4,6-7,9-10,12-13,15-16,24-25,27,29H,2,5,8,11,14,17-23,26H2,1H3,(H2,32,33,36)/t27-,29?/m0/s1. The van der Waals surface area contributed by atoms with Crippen LogP contribution in [0.5, 0.6) is 0 Å². The Hall–Kier alpha value is -3.19. The summed E-state index contributed by atoms with van der Waals surface area (Å²) in [5, 5.41) is 0. The number of nitrogens with zero attached hydrogens (tertiary/aromatic N) is 2. The van der Waals surface area contributed by atoms with Crippen molar-refractivity contribution in [2.45, 2.75) is 96.3 Å². The maximum atomic E-state index is 12.0. The van der Waals surface area contributed by atoms with Crippen molar-refractivity contribution in [2.75, 3.05) is 12.3 Å². The average Bonchev–Trinajstić information content (AvgIpc) is 3.37. The van der Waals surface area contributed by atoms with E-state index in [1.807, 2.05) is 0 Å². The van der Waals surface area contributed by atoms with Gasteiger partial charge in [0.15, 0.2) is 0 Å². The zero-order chi connectivity index (χ0) is 27.3. The summed E-state index contributed by atoms with van der Waals surface area (Å²) in [6.45, 7) is 2.36. The summed E-state index contributed by atoms with van der Waals surface area (Å²) < 4.78 is 12.7. The molecule has 208 valence electrons. The predicted octanol–water partition coefficient (Wildman–Crippen LogP) is 6.75. The van der Waals surface area contributed by atoms with Gasteiger partial charge in [-0.15, -0.1) is 0 Å². The number of carbonyl (C=O) groups excluding carboxylic acids is 1. The third kappa shape index (κ3) is 13.9. The van der Waals surface area contributed by atoms with Gasteiger partial charge >= 0.3 is 11.7 Å². The molecule has 0 spiro atoms. The minimum Gasteiger partial charge on any atom is -0.463 e. The van der Waals surface area contributed by atoms with E-state index >= 15 is 0 Å². The molecule has 1 aromatic rings. The molecule has 7 nitrogen and oxygen atoms in total. The highest BCUT2D eigenvalue weighted by molar-refractivity contribution is 5.69. The Morgan fingerprint density at radius 2 is 1.61 bits per heavy atom. The summed E-state index contributed by atoms with van der Waals surface area (Å²) in [6.07, 6.45) is 33.8. The van der Waals surface area contributed by atoms with E-state index in [0.717, 1.165) is 64.2 Å². The fraction of sp³-hybridized carbons (Fsp3) is 0.516. The van der Waals surface area contributed by atoms with Crippen molar-refractivity contribution in [2.24, 2.45) is 0 Å². The van der Waals surface area contributed by atoms with Crippen LogP contribution in [0, 0.1) is 0 Å². The molecule has 38 heavy (non-hydrogen) atoms. The molecule has 2 heterocycles. The van der Waals surface area contributed by atoms with Crippen molar-refractivity contribution < 1.29 is 14.3 Å². The lowest BCUT2D eigenvalue weighted by atomic mass is 10.1. The Morgan fingerprint density at radius 1 is 0.974 bits per heavy atom. The Balaban J connectivity index is 1.42. The molecule has 0 amide bonds. The van der Waals surface area contributed by atoms with Gasteiger partial charge in [-0.1, -0.05) is 74.1 Å². The quantitative estimate of drug-likeness (QED) is 0.130. The third-order valence-corrected chi connectivity index (χ3v) is 6.09. The molecular weight excluding hydrogens is 478 g/mol. The smallest absolute Gasteiger partial charge is 0.351 e. The van der Waals surface area contributed by atoms with Gasteiger partial charge in [0, 0.05) is 12.6 Å². The van der Waals surface area contributed by atoms with Crippen molar-refractivity contribution in [3.05, 3.63) is 83.5 Å². The molecule has 0 bridgehead atoms. The van der Waals surface area contributed by atoms with Crippen LogP contribution in [0.1, 0.15) is 90.2 Å². The second-order valence-corrected chi connectivity index (χ2v) is 9.32. The van der Waals surface area contributed by atoms with E-state index in [4.69, 9.17) is 15.2 Å². The van der Waals surface area contributed by atoms with Gasteiger partial charge in [-0.2, -0.15) is 4.98 Å². The van der Waals surface area contributed by atoms with Crippen LogP contribution in [-0.4, -0.2) is 28.2 Å². The molecule has 1 unspecified atom stereocenters. The van der Waals surface area contributed by atoms with Crippen molar-refractivity contribution in [3.8, 4) is 0 Å². The van der Waals surface area contributed by atoms with Crippen molar-refractivity contribution >= 4 is 11.8 Å². The fourth-order valence-corrected chi connectivity index (χ4v) is 3.99. The van der Waals surface area contributed by atoms with Crippen LogP contribution in [0.2, 0.25) is 0 Å². The van der Waals surface area contributed by atoms with E-state index in [1.165, 1.54) is 4.57 Å². The maximum Gasteiger partial charge on any atom is 0.351 e. The molecule has 0 aliphatic carbocycles. The lowest BCUT2D eigenvalue weighted by molar-refractivity contribution is -0.148. The van der Waals surface area contributed by atoms with Gasteiger partial charge in [0.2, 0.25) is 0 Å². The first-order chi connectivity index (χ1) is 18.6. The molecule has 1 aromatic heterocycles. The fourth-order valence-electron chi connectivity index (χ4n) is 3.99. The van der Waals surface area contributed by atoms with Gasteiger partial charge in [-0.25, -0.2) is 4.79 Å². The molecular formula is C31H45N3O4. The molecule has 0 radical (unpaired) electrons. The summed E-state index contributed by atoms with van der Waals surface area (Å²) in [7, 11) is 0. The largest absolute Gasteiger partial charge is 0.463 e. The second-order valence-electron chi connectivity index (χ2n) is 9.32. The molecule has 1 aliphatic rings. The zero-order valence-corrected chi connectivity index (χ0v) is 22.9. The molecule has 2 rings (SSSR count). The molecule has 2 atom stereocenters. The van der Waals surface area contributed by atoms with Crippen LogP contribution in [0.25, 0.3) is 0 Å². The number of hydrogen-bond donors (Lipinski definition) is 1. The average molecular weight is 524 g/mol. The normalized spacial score (nSPS) is 18.2. The summed E-state index contributed by atoms with van der Waals surface area (Å²) in [5.41, 5.74) is 5.09. The first-order valence-electron chi connectivity index (χ1n) is 14.0. The summed E-state index contributed by atoms with van der Waals surface area (Å²) in [4.78, 5) is 27.7. The van der Waals surface area contributed by atoms with Crippen LogP contribution in [-0.2, 0) is 14.3 Å². The highest BCUT2D eigenvalue weighted by Crippen LogP contribution is 2.27. The van der Waals surface area contributed by atoms with Crippen LogP contribution in [0.3, 0.4) is 0 Å². The number of carbonyl (C=O) groups is 1. The lowest BCUT2D eigenvalue weighted by Crippen LogP contribution is -2.28. The van der Waals surface area contributed by atoms with Crippen molar-refractivity contribution in [3.63, 3.8) is 0 Å². The van der Waals surface area contributed by atoms with Gasteiger partial charge in [0.05, 0.1) is 6.10 Å². The summed E-state index contributed by atoms with van der Waals surface area (Å²) in [6, 6.07) is 1.57. The number of esters is 1. The number of hydrogen-bond acceptors (Lipinski definition) is 6. The number of allylic oxidation sites excluding steroid dienone is 10. The maximum absolute atomic E-state index is 12.0. The molecule has 2 N–H and O–H groups in total. The molecule has 0 saturated carbocycles. The number of rotatable bonds is 18. The topological polar surface area (TPSA) is 96.4 Å². The molecule has 1 fully saturated rings. The van der Waals surface area contributed by atoms with E-state index < -0.39 is 11.9 Å². The van der Waals surface area contributed by atoms with Crippen LogP contribution >= 0.6 is 0 Å². The zero-order valence-electron chi connectivity index (χ0n) is 22.9. The van der Waals surface area contributed by atoms with Gasteiger partial charge in [0.1, 0.15) is 18.7 Å². The minimum atomic E-state index is -0.433. The first kappa shape index (κ1) is 31.0. The molecule has 1 aliphatic heterocycles. The molecule has 0 aromatic carbocycles. The molecule has 1 saturated heterocycles. The van der Waals surface area contributed by atoms with Crippen molar-refractivity contribution in [1.29, 1.82) is 0 Å². The SMILES string of the molecule is CCC=CCC=CCC=CCC=CCC=CCCCCCC(=O)OC[C@@H]1CCC(n2ccc(N)nc2=O)O1. The Labute approximate surface area is 227 Å². The number of nitrogen functional groups attached to an aromatic ring is 1. The number of anilines is 1. The van der Waals surface area contributed by atoms with Gasteiger partial charge < -0.3 is 15.2 Å². The van der Waals surface area contributed by atoms with Crippen LogP contribution in [0.15, 0.2) is 77.8 Å². The Bertz CT molecular complexity index is 1010. The number of ether oxygens (including phenoxy) is 2. The Morgan fingerprint density at radius 3 is 2.24 bits per heavy atom. The van der Waals surface area contributed by atoms with Gasteiger partial charge in [-0.05, 0) is 70.3 Å².